The minimum Gasteiger partial charge on any atom is -0.462 e. The molecule has 0 heterocycles. The van der Waals surface area contributed by atoms with Crippen LogP contribution in [0.15, 0.2) is 109 Å². The lowest BCUT2D eigenvalue weighted by molar-refractivity contribution is -0.161. The van der Waals surface area contributed by atoms with Gasteiger partial charge in [-0.3, -0.25) is 37.3 Å². The van der Waals surface area contributed by atoms with Crippen molar-refractivity contribution in [1.29, 1.82) is 0 Å². The van der Waals surface area contributed by atoms with Crippen molar-refractivity contribution in [2.75, 3.05) is 39.6 Å². The number of phosphoric ester groups is 2. The lowest BCUT2D eigenvalue weighted by atomic mass is 10.1. The molecule has 0 aromatic rings. The predicted octanol–water partition coefficient (Wildman–Crippen LogP) is 23.3. The van der Waals surface area contributed by atoms with Gasteiger partial charge in [-0.2, -0.15) is 0 Å². The van der Waals surface area contributed by atoms with E-state index in [9.17, 15) is 43.2 Å². The molecule has 0 saturated carbocycles. The van der Waals surface area contributed by atoms with Crippen LogP contribution in [0.2, 0.25) is 0 Å². The summed E-state index contributed by atoms with van der Waals surface area (Å²) in [5, 5.41) is 10.6. The highest BCUT2D eigenvalue weighted by molar-refractivity contribution is 7.47. The largest absolute Gasteiger partial charge is 0.472 e. The second-order valence-electron chi connectivity index (χ2n) is 26.6. The predicted molar refractivity (Wildman–Crippen MR) is 418 cm³/mol. The molecular weight excluding hydrogens is 1330 g/mol. The molecule has 0 aromatic carbocycles. The van der Waals surface area contributed by atoms with Crippen LogP contribution in [-0.4, -0.2) is 96.7 Å². The number of hydrogen-bond donors (Lipinski definition) is 3. The van der Waals surface area contributed by atoms with Crippen molar-refractivity contribution in [3.05, 3.63) is 109 Å². The SMILES string of the molecule is CC/C=C\C/C=C\C/C=C\C/C=C\CCCCCCCCC(=O)OCC(COP(=O)(O)OCC(O)COP(=O)(O)OCC(COC(=O)CCCCCCC/C=C\CCCCCC)OC(=O)CCCCCCC/C=C\CCCC)OC(=O)CCCCCCCC/C=C\C/C=C\C/C=C\CCCCC. The average Bonchev–Trinajstić information content (AvgIpc) is 0.940. The number of aliphatic hydroxyl groups excluding tert-OH is 1. The molecule has 0 amide bonds. The van der Waals surface area contributed by atoms with E-state index < -0.39 is 97.5 Å². The highest BCUT2D eigenvalue weighted by Gasteiger charge is 2.30. The van der Waals surface area contributed by atoms with E-state index in [0.717, 1.165) is 199 Å². The lowest BCUT2D eigenvalue weighted by Crippen LogP contribution is -2.30. The maximum absolute atomic E-state index is 13.1. The number of carbonyl (C=O) groups excluding carboxylic acids is 4. The second-order valence-corrected chi connectivity index (χ2v) is 29.5. The number of carbonyl (C=O) groups is 4. The minimum atomic E-state index is -4.99. The maximum Gasteiger partial charge on any atom is 0.472 e. The van der Waals surface area contributed by atoms with E-state index in [2.05, 4.69) is 137 Å². The summed E-state index contributed by atoms with van der Waals surface area (Å²) in [6.45, 7) is 4.66. The van der Waals surface area contributed by atoms with Crippen LogP contribution in [0.1, 0.15) is 336 Å². The van der Waals surface area contributed by atoms with Crippen LogP contribution in [0.5, 0.6) is 0 Å². The highest BCUT2D eigenvalue weighted by atomic mass is 31.2. The first-order valence-corrected chi connectivity index (χ1v) is 43.1. The number of hydrogen-bond acceptors (Lipinski definition) is 15. The topological polar surface area (TPSA) is 237 Å². The van der Waals surface area contributed by atoms with Crippen LogP contribution in [0.4, 0.5) is 0 Å². The maximum atomic E-state index is 13.1. The second kappa shape index (κ2) is 75.0. The fourth-order valence-electron chi connectivity index (χ4n) is 10.5. The van der Waals surface area contributed by atoms with Gasteiger partial charge in [-0.05, 0) is 148 Å². The number of unbranched alkanes of at least 4 members (excludes halogenated alkanes) is 31. The monoisotopic (exact) mass is 1470 g/mol. The molecule has 0 rings (SSSR count). The quantitative estimate of drug-likeness (QED) is 0.0169. The molecule has 0 saturated heterocycles. The standard InChI is InChI=1S/C83H144O17P2/c1-5-9-13-17-21-25-29-32-34-36-38-40-42-45-49-52-56-60-64-68-81(86)94-74-79(100-83(88)70-66-62-58-54-50-46-43-41-39-37-35-33-30-26-22-18-14-10-6-2)76-98-102(91,92)96-72-77(84)71-95-101(89,90)97-75-78(99-82(87)69-65-61-57-53-47-28-24-20-16-12-8-4)73-93-80(85)67-63-59-55-51-48-44-31-27-23-19-15-11-7-3/h9,13,20-22,24-27,31-35,38-41,77-79,84H,5-8,10-12,14-19,23,28-30,36-37,42-76H2,1-4H3,(H,89,90)(H,91,92)/b13-9-,24-20-,25-21-,26-22-,31-27-,34-32-,35-33-,40-38-,41-39-. The number of allylic oxidation sites excluding steroid dienone is 18. The Morgan fingerprint density at radius 2 is 0.520 bits per heavy atom. The first kappa shape index (κ1) is 97.7. The zero-order valence-corrected chi connectivity index (χ0v) is 66.0. The molecule has 0 spiro atoms. The molecular formula is C83H144O17P2. The molecule has 102 heavy (non-hydrogen) atoms. The molecule has 19 heteroatoms. The third-order valence-corrected chi connectivity index (χ3v) is 18.6. The number of ether oxygens (including phenoxy) is 4. The third kappa shape index (κ3) is 74.0. The number of esters is 4. The summed E-state index contributed by atoms with van der Waals surface area (Å²) >= 11 is 0. The van der Waals surface area contributed by atoms with E-state index in [1.165, 1.54) is 57.8 Å². The normalized spacial score (nSPS) is 14.5. The molecule has 0 radical (unpaired) electrons. The van der Waals surface area contributed by atoms with Crippen LogP contribution >= 0.6 is 15.6 Å². The van der Waals surface area contributed by atoms with Crippen molar-refractivity contribution in [2.24, 2.45) is 0 Å². The Bertz CT molecular complexity index is 2360. The van der Waals surface area contributed by atoms with E-state index in [1.54, 1.807) is 0 Å². The smallest absolute Gasteiger partial charge is 0.462 e. The van der Waals surface area contributed by atoms with Crippen LogP contribution in [0, 0.1) is 0 Å². The van der Waals surface area contributed by atoms with E-state index in [0.29, 0.717) is 25.7 Å². The summed E-state index contributed by atoms with van der Waals surface area (Å²) in [4.78, 5) is 73.0. The summed E-state index contributed by atoms with van der Waals surface area (Å²) in [5.74, 6) is -2.21. The van der Waals surface area contributed by atoms with Crippen molar-refractivity contribution >= 4 is 39.5 Å². The Morgan fingerprint density at radius 1 is 0.284 bits per heavy atom. The Hall–Kier alpha value is -4.28. The van der Waals surface area contributed by atoms with E-state index >= 15 is 0 Å². The molecule has 0 fully saturated rings. The average molecular weight is 1480 g/mol. The van der Waals surface area contributed by atoms with Gasteiger partial charge in [-0.1, -0.05) is 272 Å². The van der Waals surface area contributed by atoms with E-state index in [4.69, 9.17) is 37.0 Å². The van der Waals surface area contributed by atoms with Gasteiger partial charge in [0.15, 0.2) is 12.2 Å². The summed E-state index contributed by atoms with van der Waals surface area (Å²) in [6, 6.07) is 0. The van der Waals surface area contributed by atoms with E-state index in [1.807, 2.05) is 0 Å². The molecule has 0 aromatic heterocycles. The van der Waals surface area contributed by atoms with Gasteiger partial charge < -0.3 is 33.8 Å². The Morgan fingerprint density at radius 3 is 0.843 bits per heavy atom. The molecule has 0 aliphatic carbocycles. The van der Waals surface area contributed by atoms with Crippen LogP contribution < -0.4 is 0 Å². The van der Waals surface area contributed by atoms with Gasteiger partial charge in [-0.15, -0.1) is 0 Å². The molecule has 5 atom stereocenters. The molecule has 17 nitrogen and oxygen atoms in total. The molecule has 0 aliphatic heterocycles. The van der Waals surface area contributed by atoms with Crippen molar-refractivity contribution in [2.45, 2.75) is 354 Å². The summed E-state index contributed by atoms with van der Waals surface area (Å²) < 4.78 is 68.5. The van der Waals surface area contributed by atoms with Crippen molar-refractivity contribution in [1.82, 2.24) is 0 Å². The summed E-state index contributed by atoms with van der Waals surface area (Å²) in [6.07, 6.45) is 80.7. The summed E-state index contributed by atoms with van der Waals surface area (Å²) in [7, 11) is -9.96. The van der Waals surface area contributed by atoms with Gasteiger partial charge in [0.25, 0.3) is 0 Å². The zero-order valence-electron chi connectivity index (χ0n) is 64.3. The molecule has 3 N–H and O–H groups in total. The van der Waals surface area contributed by atoms with E-state index in [-0.39, 0.29) is 25.7 Å². The van der Waals surface area contributed by atoms with Gasteiger partial charge in [0.1, 0.15) is 19.3 Å². The third-order valence-electron chi connectivity index (χ3n) is 16.7. The van der Waals surface area contributed by atoms with Gasteiger partial charge in [0.05, 0.1) is 26.4 Å². The van der Waals surface area contributed by atoms with Crippen LogP contribution in [-0.2, 0) is 65.4 Å². The Labute approximate surface area is 619 Å². The van der Waals surface area contributed by atoms with Crippen molar-refractivity contribution in [3.8, 4) is 0 Å². The van der Waals surface area contributed by atoms with Crippen molar-refractivity contribution in [3.63, 3.8) is 0 Å². The lowest BCUT2D eigenvalue weighted by Gasteiger charge is -2.21. The first-order chi connectivity index (χ1) is 49.7. The number of phosphoric acid groups is 2. The zero-order chi connectivity index (χ0) is 74.6. The molecule has 0 aliphatic rings. The fourth-order valence-corrected chi connectivity index (χ4v) is 12.1. The Balaban J connectivity index is 5.36. The van der Waals surface area contributed by atoms with Crippen LogP contribution in [0.3, 0.4) is 0 Å². The van der Waals surface area contributed by atoms with Gasteiger partial charge in [-0.25, -0.2) is 9.13 Å². The van der Waals surface area contributed by atoms with Gasteiger partial charge in [0, 0.05) is 25.7 Å². The fraction of sp³-hybridized carbons (Fsp3) is 0.735. The van der Waals surface area contributed by atoms with Crippen LogP contribution in [0.25, 0.3) is 0 Å². The molecule has 5 unspecified atom stereocenters. The minimum absolute atomic E-state index is 0.0756. The number of aliphatic hydroxyl groups is 1. The van der Waals surface area contributed by atoms with Gasteiger partial charge >= 0.3 is 39.5 Å². The Kier molecular flexibility index (Phi) is 71.8. The highest BCUT2D eigenvalue weighted by Crippen LogP contribution is 2.45. The molecule has 0 bridgehead atoms. The van der Waals surface area contributed by atoms with Gasteiger partial charge in [0.2, 0.25) is 0 Å². The first-order valence-electron chi connectivity index (χ1n) is 40.1. The summed E-state index contributed by atoms with van der Waals surface area (Å²) in [5.41, 5.74) is 0. The van der Waals surface area contributed by atoms with Crippen molar-refractivity contribution < 1.29 is 80.2 Å². The number of rotatable bonds is 75. The molecule has 588 valence electrons.